The van der Waals surface area contributed by atoms with Crippen molar-refractivity contribution in [3.8, 4) is 0 Å². The molecule has 0 aromatic carbocycles. The van der Waals surface area contributed by atoms with Crippen LogP contribution in [0, 0.1) is 5.92 Å². The molecule has 94 valence electrons. The number of sulfone groups is 1. The van der Waals surface area contributed by atoms with Gasteiger partial charge < -0.3 is 5.32 Å². The summed E-state index contributed by atoms with van der Waals surface area (Å²) in [7, 11) is -2.04. The van der Waals surface area contributed by atoms with Gasteiger partial charge in [-0.2, -0.15) is 0 Å². The minimum absolute atomic E-state index is 0.0599. The van der Waals surface area contributed by atoms with Crippen LogP contribution in [-0.4, -0.2) is 32.4 Å². The topological polar surface area (TPSA) is 84.8 Å². The van der Waals surface area contributed by atoms with E-state index in [1.165, 1.54) is 14.0 Å². The largest absolute Gasteiger partial charge is 0.433 e. The Labute approximate surface area is 96.0 Å². The van der Waals surface area contributed by atoms with Crippen molar-refractivity contribution in [2.24, 2.45) is 11.1 Å². The van der Waals surface area contributed by atoms with Gasteiger partial charge in [-0.15, -0.1) is 0 Å². The van der Waals surface area contributed by atoms with Gasteiger partial charge >= 0.3 is 6.09 Å². The number of hydrogen-bond donors (Lipinski definition) is 1. The van der Waals surface area contributed by atoms with E-state index >= 15 is 0 Å². The van der Waals surface area contributed by atoms with E-state index in [0.717, 1.165) is 0 Å². The van der Waals surface area contributed by atoms with Crippen LogP contribution in [0.2, 0.25) is 0 Å². The first-order valence-corrected chi connectivity index (χ1v) is 6.67. The monoisotopic (exact) mass is 250 g/mol. The molecule has 0 rings (SSSR count). The molecule has 0 saturated heterocycles. The quantitative estimate of drug-likeness (QED) is 0.351. The van der Waals surface area contributed by atoms with E-state index in [9.17, 15) is 13.2 Å². The maximum absolute atomic E-state index is 11.6. The van der Waals surface area contributed by atoms with Crippen LogP contribution in [0.1, 0.15) is 27.2 Å². The van der Waals surface area contributed by atoms with E-state index in [1.807, 2.05) is 13.8 Å². The van der Waals surface area contributed by atoms with E-state index in [1.54, 1.807) is 0 Å². The first kappa shape index (κ1) is 14.9. The van der Waals surface area contributed by atoms with E-state index in [-0.39, 0.29) is 23.1 Å². The minimum atomic E-state index is -3.41. The second-order valence-electron chi connectivity index (χ2n) is 3.62. The molecule has 0 aliphatic rings. The van der Waals surface area contributed by atoms with Crippen molar-refractivity contribution in [3.63, 3.8) is 0 Å². The Morgan fingerprint density at radius 1 is 1.44 bits per heavy atom. The Morgan fingerprint density at radius 3 is 2.38 bits per heavy atom. The highest BCUT2D eigenvalue weighted by Gasteiger charge is 2.20. The molecule has 7 heteroatoms. The molecule has 0 unspecified atom stereocenters. The Bertz CT molecular complexity index is 360. The number of nitrogens with zero attached hydrogens (tertiary/aromatic N) is 1. The summed E-state index contributed by atoms with van der Waals surface area (Å²) in [5, 5.41) is 5.48. The van der Waals surface area contributed by atoms with E-state index in [4.69, 9.17) is 0 Å². The first-order chi connectivity index (χ1) is 7.33. The van der Waals surface area contributed by atoms with Gasteiger partial charge in [0.15, 0.2) is 14.9 Å². The van der Waals surface area contributed by atoms with Crippen LogP contribution in [0.15, 0.2) is 5.16 Å². The Kier molecular flexibility index (Phi) is 6.02. The average molecular weight is 250 g/mol. The molecular weight excluding hydrogens is 232 g/mol. The number of oxime groups is 1. The molecule has 0 aliphatic carbocycles. The summed E-state index contributed by atoms with van der Waals surface area (Å²) in [6.07, 6.45) is -0.528. The van der Waals surface area contributed by atoms with Crippen LogP contribution in [0.25, 0.3) is 0 Å². The molecule has 0 spiro atoms. The van der Waals surface area contributed by atoms with Crippen LogP contribution in [-0.2, 0) is 14.7 Å². The number of hydrogen-bond acceptors (Lipinski definition) is 5. The Morgan fingerprint density at radius 2 is 2.00 bits per heavy atom. The zero-order valence-corrected chi connectivity index (χ0v) is 10.8. The lowest BCUT2D eigenvalue weighted by Gasteiger charge is -2.07. The lowest BCUT2D eigenvalue weighted by atomic mass is 10.1. The fourth-order valence-corrected chi connectivity index (χ4v) is 1.95. The summed E-state index contributed by atoms with van der Waals surface area (Å²) >= 11 is 0. The number of carbonyl (C=O) groups is 1. The molecule has 0 aromatic heterocycles. The molecule has 0 aliphatic heterocycles. The van der Waals surface area contributed by atoms with Crippen molar-refractivity contribution in [2.45, 2.75) is 27.2 Å². The van der Waals surface area contributed by atoms with E-state index in [2.05, 4.69) is 15.3 Å². The third kappa shape index (κ3) is 5.11. The number of carbonyl (C=O) groups excluding carboxylic acids is 1. The molecule has 1 amide bonds. The van der Waals surface area contributed by atoms with Gasteiger partial charge in [-0.3, -0.25) is 4.84 Å². The molecule has 1 N–H and O–H groups in total. The maximum Gasteiger partial charge on any atom is 0.433 e. The molecule has 0 saturated carbocycles. The summed E-state index contributed by atoms with van der Waals surface area (Å²) < 4.78 is 23.2. The third-order valence-corrected chi connectivity index (χ3v) is 3.48. The lowest BCUT2D eigenvalue weighted by Crippen LogP contribution is -2.22. The normalized spacial score (nSPS) is 12.7. The molecule has 0 bridgehead atoms. The highest BCUT2D eigenvalue weighted by atomic mass is 32.2. The van der Waals surface area contributed by atoms with Gasteiger partial charge in [0.1, 0.15) is 0 Å². The van der Waals surface area contributed by atoms with Crippen LogP contribution in [0.3, 0.4) is 0 Å². The van der Waals surface area contributed by atoms with Gasteiger partial charge in [-0.25, -0.2) is 13.2 Å². The highest BCUT2D eigenvalue weighted by Crippen LogP contribution is 2.08. The zero-order chi connectivity index (χ0) is 12.8. The number of rotatable bonds is 4. The van der Waals surface area contributed by atoms with Gasteiger partial charge in [-0.05, 0) is 5.92 Å². The minimum Gasteiger partial charge on any atom is -0.323 e. The molecule has 0 heterocycles. The molecule has 0 radical (unpaired) electrons. The number of amides is 1. The molecule has 0 fully saturated rings. The van der Waals surface area contributed by atoms with Crippen molar-refractivity contribution in [3.05, 3.63) is 0 Å². The summed E-state index contributed by atoms with van der Waals surface area (Å²) in [6.45, 7) is 5.24. The smallest absolute Gasteiger partial charge is 0.323 e. The number of nitrogens with one attached hydrogen (secondary N) is 1. The van der Waals surface area contributed by atoms with Crippen molar-refractivity contribution in [1.29, 1.82) is 0 Å². The van der Waals surface area contributed by atoms with Crippen molar-refractivity contribution < 1.29 is 18.0 Å². The molecular formula is C9H18N2O4S. The predicted molar refractivity (Wildman–Crippen MR) is 61.9 cm³/mol. The SMILES string of the molecule is CCS(=O)(=O)C(CC(C)C)=NOC(=O)NC. The molecule has 0 atom stereocenters. The lowest BCUT2D eigenvalue weighted by molar-refractivity contribution is 0.153. The van der Waals surface area contributed by atoms with Gasteiger partial charge in [0, 0.05) is 13.5 Å². The average Bonchev–Trinajstić information content (AvgIpc) is 2.22. The highest BCUT2D eigenvalue weighted by molar-refractivity contribution is 8.06. The zero-order valence-electron chi connectivity index (χ0n) is 9.98. The van der Waals surface area contributed by atoms with Crippen LogP contribution in [0.5, 0.6) is 0 Å². The second kappa shape index (κ2) is 6.47. The Balaban J connectivity index is 4.88. The van der Waals surface area contributed by atoms with Crippen molar-refractivity contribution in [2.75, 3.05) is 12.8 Å². The standard InChI is InChI=1S/C9H18N2O4S/c1-5-16(13,14)8(6-7(2)3)11-15-9(12)10-4/h7H,5-6H2,1-4H3,(H,10,12). The molecule has 16 heavy (non-hydrogen) atoms. The molecule has 6 nitrogen and oxygen atoms in total. The van der Waals surface area contributed by atoms with Crippen LogP contribution in [0.4, 0.5) is 4.79 Å². The van der Waals surface area contributed by atoms with Crippen LogP contribution < -0.4 is 5.32 Å². The van der Waals surface area contributed by atoms with Gasteiger partial charge in [0.05, 0.1) is 5.75 Å². The van der Waals surface area contributed by atoms with E-state index in [0.29, 0.717) is 0 Å². The van der Waals surface area contributed by atoms with Crippen molar-refractivity contribution in [1.82, 2.24) is 5.32 Å². The summed E-state index contributed by atoms with van der Waals surface area (Å²) in [5.74, 6) is 0.0590. The fourth-order valence-electron chi connectivity index (χ4n) is 0.875. The van der Waals surface area contributed by atoms with Gasteiger partial charge in [0.25, 0.3) is 0 Å². The Hall–Kier alpha value is -1.11. The fraction of sp³-hybridized carbons (Fsp3) is 0.778. The molecule has 0 aromatic rings. The van der Waals surface area contributed by atoms with Crippen molar-refractivity contribution >= 4 is 21.0 Å². The predicted octanol–water partition coefficient (Wildman–Crippen LogP) is 1.14. The summed E-state index contributed by atoms with van der Waals surface area (Å²) in [4.78, 5) is 15.2. The maximum atomic E-state index is 11.6. The summed E-state index contributed by atoms with van der Waals surface area (Å²) in [5.41, 5.74) is 0. The van der Waals surface area contributed by atoms with Crippen LogP contribution >= 0.6 is 0 Å². The first-order valence-electron chi connectivity index (χ1n) is 5.01. The second-order valence-corrected chi connectivity index (χ2v) is 5.89. The van der Waals surface area contributed by atoms with E-state index < -0.39 is 15.9 Å². The summed E-state index contributed by atoms with van der Waals surface area (Å²) in [6, 6.07) is 0. The van der Waals surface area contributed by atoms with Gasteiger partial charge in [-0.1, -0.05) is 25.9 Å². The van der Waals surface area contributed by atoms with Gasteiger partial charge in [0.2, 0.25) is 0 Å². The third-order valence-electron chi connectivity index (χ3n) is 1.76.